The maximum Gasteiger partial charge on any atom is 0.0734 e. The Morgan fingerprint density at radius 1 is 0.615 bits per heavy atom. The van der Waals surface area contributed by atoms with Gasteiger partial charge in [0.1, 0.15) is 0 Å². The molecule has 0 heterocycles. The van der Waals surface area contributed by atoms with E-state index in [-0.39, 0.29) is 0 Å². The topological polar surface area (TPSA) is 3.24 Å². The van der Waals surface area contributed by atoms with Gasteiger partial charge in [-0.05, 0) is 41.8 Å². The van der Waals surface area contributed by atoms with E-state index < -0.39 is 0 Å². The molecule has 4 aromatic rings. The minimum Gasteiger partial charge on any atom is -0.331 e. The van der Waals surface area contributed by atoms with Crippen LogP contribution in [0.2, 0.25) is 5.02 Å². The molecular weight excluding hydrogens is 358 g/mol. The predicted octanol–water partition coefficient (Wildman–Crippen LogP) is 7.38. The molecule has 128 valence electrons. The summed E-state index contributed by atoms with van der Waals surface area (Å²) < 4.78 is 0. The zero-order chi connectivity index (χ0) is 17.8. The first-order valence-electron chi connectivity index (χ1n) is 8.50. The van der Waals surface area contributed by atoms with Crippen molar-refractivity contribution in [2.45, 2.75) is 4.90 Å². The highest BCUT2D eigenvalue weighted by atomic mass is 35.5. The van der Waals surface area contributed by atoms with Crippen LogP contribution >= 0.6 is 23.4 Å². The van der Waals surface area contributed by atoms with E-state index in [2.05, 4.69) is 77.7 Å². The third-order valence-electron chi connectivity index (χ3n) is 4.32. The monoisotopic (exact) mass is 375 g/mol. The van der Waals surface area contributed by atoms with E-state index in [1.807, 2.05) is 36.0 Å². The minimum atomic E-state index is 0.799. The Labute approximate surface area is 163 Å². The lowest BCUT2D eigenvalue weighted by molar-refractivity contribution is 1.17. The molecule has 0 saturated heterocycles. The maximum absolute atomic E-state index is 6.36. The van der Waals surface area contributed by atoms with Gasteiger partial charge < -0.3 is 4.90 Å². The standard InChI is InChI=1S/C23H18ClNS/c24-22-15-16-23(21-14-8-7-13-20(21)22)26-17-25(18-9-3-1-4-10-18)19-11-5-2-6-12-19/h1-16H,17H2. The van der Waals surface area contributed by atoms with Crippen molar-refractivity contribution in [3.63, 3.8) is 0 Å². The lowest BCUT2D eigenvalue weighted by Crippen LogP contribution is -2.15. The number of nitrogens with zero attached hydrogens (tertiary/aromatic N) is 1. The van der Waals surface area contributed by atoms with Crippen molar-refractivity contribution in [3.05, 3.63) is 102 Å². The van der Waals surface area contributed by atoms with Crippen LogP contribution in [0.3, 0.4) is 0 Å². The van der Waals surface area contributed by atoms with Crippen LogP contribution in [0.4, 0.5) is 11.4 Å². The van der Waals surface area contributed by atoms with E-state index >= 15 is 0 Å². The number of hydrogen-bond acceptors (Lipinski definition) is 2. The Balaban J connectivity index is 1.67. The van der Waals surface area contributed by atoms with E-state index in [0.717, 1.165) is 16.3 Å². The molecule has 0 amide bonds. The van der Waals surface area contributed by atoms with Crippen LogP contribution in [0.1, 0.15) is 0 Å². The van der Waals surface area contributed by atoms with Gasteiger partial charge in [0, 0.05) is 26.7 Å². The van der Waals surface area contributed by atoms with Gasteiger partial charge in [0.2, 0.25) is 0 Å². The number of anilines is 2. The highest BCUT2D eigenvalue weighted by Gasteiger charge is 2.11. The van der Waals surface area contributed by atoms with Gasteiger partial charge in [0.15, 0.2) is 0 Å². The summed E-state index contributed by atoms with van der Waals surface area (Å²) >= 11 is 8.19. The first-order valence-corrected chi connectivity index (χ1v) is 9.87. The van der Waals surface area contributed by atoms with Gasteiger partial charge in [0.25, 0.3) is 0 Å². The average molecular weight is 376 g/mol. The van der Waals surface area contributed by atoms with Crippen LogP contribution in [0.25, 0.3) is 10.8 Å². The number of benzene rings is 4. The van der Waals surface area contributed by atoms with Crippen molar-refractivity contribution >= 4 is 45.5 Å². The highest BCUT2D eigenvalue weighted by Crippen LogP contribution is 2.35. The molecule has 0 aliphatic carbocycles. The fraction of sp³-hybridized carbons (Fsp3) is 0.0435. The zero-order valence-electron chi connectivity index (χ0n) is 14.2. The van der Waals surface area contributed by atoms with Crippen LogP contribution in [-0.4, -0.2) is 5.88 Å². The van der Waals surface area contributed by atoms with Gasteiger partial charge in [0.05, 0.1) is 5.88 Å². The van der Waals surface area contributed by atoms with Gasteiger partial charge in [-0.1, -0.05) is 72.3 Å². The van der Waals surface area contributed by atoms with Gasteiger partial charge in [-0.15, -0.1) is 11.8 Å². The summed E-state index contributed by atoms with van der Waals surface area (Å²) in [5.41, 5.74) is 2.37. The molecule has 0 fully saturated rings. The van der Waals surface area contributed by atoms with E-state index in [1.54, 1.807) is 0 Å². The highest BCUT2D eigenvalue weighted by molar-refractivity contribution is 7.99. The molecule has 1 nitrogen and oxygen atoms in total. The van der Waals surface area contributed by atoms with Crippen LogP contribution in [0, 0.1) is 0 Å². The Morgan fingerprint density at radius 3 is 1.77 bits per heavy atom. The number of fused-ring (bicyclic) bond motifs is 1. The van der Waals surface area contributed by atoms with E-state index in [4.69, 9.17) is 11.6 Å². The number of rotatable bonds is 5. The molecule has 0 aromatic heterocycles. The molecule has 0 atom stereocenters. The van der Waals surface area contributed by atoms with Crippen LogP contribution in [0.5, 0.6) is 0 Å². The Kier molecular flexibility index (Phi) is 5.14. The third-order valence-corrected chi connectivity index (χ3v) is 5.70. The van der Waals surface area contributed by atoms with Gasteiger partial charge in [-0.3, -0.25) is 0 Å². The molecule has 0 unspecified atom stereocenters. The van der Waals surface area contributed by atoms with E-state index in [0.29, 0.717) is 0 Å². The summed E-state index contributed by atoms with van der Waals surface area (Å²) in [5, 5.41) is 3.10. The molecule has 0 spiro atoms. The SMILES string of the molecule is Clc1ccc(SCN(c2ccccc2)c2ccccc2)c2ccccc12. The van der Waals surface area contributed by atoms with Crippen molar-refractivity contribution in [1.82, 2.24) is 0 Å². The van der Waals surface area contributed by atoms with Crippen molar-refractivity contribution < 1.29 is 0 Å². The molecule has 0 saturated carbocycles. The van der Waals surface area contributed by atoms with Crippen molar-refractivity contribution in [3.8, 4) is 0 Å². The van der Waals surface area contributed by atoms with E-state index in [9.17, 15) is 0 Å². The molecule has 0 radical (unpaired) electrons. The second-order valence-corrected chi connectivity index (χ2v) is 7.36. The predicted molar refractivity (Wildman–Crippen MR) is 115 cm³/mol. The second-order valence-electron chi connectivity index (χ2n) is 5.96. The van der Waals surface area contributed by atoms with Crippen LogP contribution in [-0.2, 0) is 0 Å². The molecule has 3 heteroatoms. The summed E-state index contributed by atoms with van der Waals surface area (Å²) in [4.78, 5) is 3.57. The quantitative estimate of drug-likeness (QED) is 0.264. The van der Waals surface area contributed by atoms with Crippen molar-refractivity contribution in [2.24, 2.45) is 0 Å². The lowest BCUT2D eigenvalue weighted by Gasteiger charge is -2.25. The summed E-state index contributed by atoms with van der Waals surface area (Å²) in [5.74, 6) is 0.819. The minimum absolute atomic E-state index is 0.799. The van der Waals surface area contributed by atoms with Gasteiger partial charge in [-0.2, -0.15) is 0 Å². The van der Waals surface area contributed by atoms with Gasteiger partial charge >= 0.3 is 0 Å². The first kappa shape index (κ1) is 17.0. The number of para-hydroxylation sites is 2. The van der Waals surface area contributed by atoms with Crippen molar-refractivity contribution in [1.29, 1.82) is 0 Å². The first-order chi connectivity index (χ1) is 12.8. The number of thioether (sulfide) groups is 1. The number of halogens is 1. The number of hydrogen-bond donors (Lipinski definition) is 0. The second kappa shape index (κ2) is 7.86. The molecule has 0 bridgehead atoms. The Hall–Kier alpha value is -2.42. The third kappa shape index (κ3) is 3.57. The zero-order valence-corrected chi connectivity index (χ0v) is 15.8. The molecule has 0 aliphatic rings. The van der Waals surface area contributed by atoms with E-state index in [1.165, 1.54) is 21.7 Å². The molecule has 0 N–H and O–H groups in total. The Morgan fingerprint density at radius 2 is 1.15 bits per heavy atom. The molecule has 26 heavy (non-hydrogen) atoms. The largest absolute Gasteiger partial charge is 0.331 e. The summed E-state index contributed by atoms with van der Waals surface area (Å²) in [7, 11) is 0. The molecular formula is C23H18ClNS. The Bertz CT molecular complexity index is 963. The molecule has 4 aromatic carbocycles. The summed E-state index contributed by atoms with van der Waals surface area (Å²) in [6.07, 6.45) is 0. The summed E-state index contributed by atoms with van der Waals surface area (Å²) in [6, 6.07) is 33.4. The van der Waals surface area contributed by atoms with Crippen LogP contribution in [0.15, 0.2) is 102 Å². The van der Waals surface area contributed by atoms with Crippen molar-refractivity contribution in [2.75, 3.05) is 10.8 Å². The summed E-state index contributed by atoms with van der Waals surface area (Å²) in [6.45, 7) is 0. The lowest BCUT2D eigenvalue weighted by atomic mass is 10.1. The average Bonchev–Trinajstić information content (AvgIpc) is 2.71. The van der Waals surface area contributed by atoms with Gasteiger partial charge in [-0.25, -0.2) is 0 Å². The fourth-order valence-corrected chi connectivity index (χ4v) is 4.30. The molecule has 4 rings (SSSR count). The normalized spacial score (nSPS) is 10.8. The smallest absolute Gasteiger partial charge is 0.0734 e. The fourth-order valence-electron chi connectivity index (χ4n) is 3.01. The van der Waals surface area contributed by atoms with Crippen LogP contribution < -0.4 is 4.90 Å². The maximum atomic E-state index is 6.36. The molecule has 0 aliphatic heterocycles.